The molecule has 1 aromatic rings. The van der Waals surface area contributed by atoms with E-state index in [1.165, 1.54) is 0 Å². The highest BCUT2D eigenvalue weighted by Gasteiger charge is 2.25. The van der Waals surface area contributed by atoms with Crippen LogP contribution in [0.15, 0.2) is 30.3 Å². The standard InChI is InChI=1S/C12H15NO/c1-9(10-5-3-2-4-6-10)12(14)13-11-7-8-11/h2-6,9,11H,7-8H2,1H3,(H,13,14). The number of hydrogen-bond donors (Lipinski definition) is 1. The fraction of sp³-hybridized carbons (Fsp3) is 0.417. The van der Waals surface area contributed by atoms with Crippen LogP contribution in [-0.4, -0.2) is 11.9 Å². The molecule has 0 bridgehead atoms. The predicted octanol–water partition coefficient (Wildman–Crippen LogP) is 2.07. The van der Waals surface area contributed by atoms with Gasteiger partial charge in [-0.1, -0.05) is 30.3 Å². The van der Waals surface area contributed by atoms with Gasteiger partial charge in [-0.3, -0.25) is 4.79 Å². The maximum absolute atomic E-state index is 11.7. The molecule has 1 aliphatic rings. The maximum Gasteiger partial charge on any atom is 0.227 e. The van der Waals surface area contributed by atoms with Gasteiger partial charge in [-0.05, 0) is 25.3 Å². The first-order chi connectivity index (χ1) is 6.77. The molecule has 0 saturated heterocycles. The highest BCUT2D eigenvalue weighted by atomic mass is 16.1. The average Bonchev–Trinajstić information content (AvgIpc) is 3.02. The topological polar surface area (TPSA) is 29.1 Å². The van der Waals surface area contributed by atoms with Crippen LogP contribution in [0.2, 0.25) is 0 Å². The van der Waals surface area contributed by atoms with Gasteiger partial charge in [-0.2, -0.15) is 0 Å². The second-order valence-corrected chi connectivity index (χ2v) is 3.92. The van der Waals surface area contributed by atoms with Gasteiger partial charge in [0.2, 0.25) is 5.91 Å². The van der Waals surface area contributed by atoms with Gasteiger partial charge in [-0.15, -0.1) is 0 Å². The highest BCUT2D eigenvalue weighted by molar-refractivity contribution is 5.83. The van der Waals surface area contributed by atoms with Crippen LogP contribution < -0.4 is 5.32 Å². The zero-order valence-corrected chi connectivity index (χ0v) is 8.36. The SMILES string of the molecule is CC(C(=O)NC1CC1)c1ccccc1. The van der Waals surface area contributed by atoms with Crippen molar-refractivity contribution >= 4 is 5.91 Å². The van der Waals surface area contributed by atoms with Crippen LogP contribution in [0.5, 0.6) is 0 Å². The molecular formula is C12H15NO. The van der Waals surface area contributed by atoms with E-state index in [4.69, 9.17) is 0 Å². The van der Waals surface area contributed by atoms with Gasteiger partial charge in [0.1, 0.15) is 0 Å². The van der Waals surface area contributed by atoms with Crippen molar-refractivity contribution in [1.82, 2.24) is 5.32 Å². The molecule has 2 heteroatoms. The van der Waals surface area contributed by atoms with Crippen molar-refractivity contribution in [3.63, 3.8) is 0 Å². The highest BCUT2D eigenvalue weighted by Crippen LogP contribution is 2.21. The Kier molecular flexibility index (Phi) is 2.53. The summed E-state index contributed by atoms with van der Waals surface area (Å²) in [4.78, 5) is 11.7. The average molecular weight is 189 g/mol. The van der Waals surface area contributed by atoms with Crippen molar-refractivity contribution < 1.29 is 4.79 Å². The van der Waals surface area contributed by atoms with Crippen LogP contribution in [0, 0.1) is 0 Å². The normalized spacial score (nSPS) is 17.5. The fourth-order valence-electron chi connectivity index (χ4n) is 1.45. The van der Waals surface area contributed by atoms with Crippen molar-refractivity contribution in [3.05, 3.63) is 35.9 Å². The molecule has 1 atom stereocenters. The third-order valence-electron chi connectivity index (χ3n) is 2.62. The number of carbonyl (C=O) groups excluding carboxylic acids is 1. The summed E-state index contributed by atoms with van der Waals surface area (Å²) in [6.45, 7) is 1.95. The van der Waals surface area contributed by atoms with Crippen molar-refractivity contribution in [2.24, 2.45) is 0 Å². The molecule has 1 unspecified atom stereocenters. The fourth-order valence-corrected chi connectivity index (χ4v) is 1.45. The minimum atomic E-state index is -0.0307. The molecule has 0 aliphatic heterocycles. The zero-order chi connectivity index (χ0) is 9.97. The molecule has 2 nitrogen and oxygen atoms in total. The van der Waals surface area contributed by atoms with E-state index in [-0.39, 0.29) is 11.8 Å². The van der Waals surface area contributed by atoms with Gasteiger partial charge in [0.15, 0.2) is 0 Å². The molecule has 1 amide bonds. The molecule has 1 fully saturated rings. The molecule has 14 heavy (non-hydrogen) atoms. The van der Waals surface area contributed by atoms with E-state index >= 15 is 0 Å². The summed E-state index contributed by atoms with van der Waals surface area (Å²) in [6.07, 6.45) is 2.29. The van der Waals surface area contributed by atoms with Gasteiger partial charge in [0.05, 0.1) is 5.92 Å². The van der Waals surface area contributed by atoms with E-state index in [0.29, 0.717) is 6.04 Å². The Morgan fingerprint density at radius 2 is 2.00 bits per heavy atom. The molecule has 0 heterocycles. The Morgan fingerprint density at radius 1 is 1.36 bits per heavy atom. The van der Waals surface area contributed by atoms with E-state index in [1.54, 1.807) is 0 Å². The van der Waals surface area contributed by atoms with E-state index < -0.39 is 0 Å². The second-order valence-electron chi connectivity index (χ2n) is 3.92. The molecule has 0 spiro atoms. The van der Waals surface area contributed by atoms with Gasteiger partial charge < -0.3 is 5.32 Å². The van der Waals surface area contributed by atoms with Crippen molar-refractivity contribution in [1.29, 1.82) is 0 Å². The smallest absolute Gasteiger partial charge is 0.227 e. The van der Waals surface area contributed by atoms with E-state index in [9.17, 15) is 4.79 Å². The number of benzene rings is 1. The van der Waals surface area contributed by atoms with Crippen LogP contribution in [-0.2, 0) is 4.79 Å². The Labute approximate surface area is 84.3 Å². The monoisotopic (exact) mass is 189 g/mol. The second kappa shape index (κ2) is 3.82. The van der Waals surface area contributed by atoms with Crippen LogP contribution in [0.25, 0.3) is 0 Å². The largest absolute Gasteiger partial charge is 0.353 e. The minimum Gasteiger partial charge on any atom is -0.353 e. The van der Waals surface area contributed by atoms with Crippen molar-refractivity contribution in [2.75, 3.05) is 0 Å². The summed E-state index contributed by atoms with van der Waals surface area (Å²) < 4.78 is 0. The van der Waals surface area contributed by atoms with Crippen molar-refractivity contribution in [3.8, 4) is 0 Å². The summed E-state index contributed by atoms with van der Waals surface area (Å²) in [6, 6.07) is 10.4. The Hall–Kier alpha value is -1.31. The number of hydrogen-bond acceptors (Lipinski definition) is 1. The van der Waals surface area contributed by atoms with Crippen LogP contribution in [0.4, 0.5) is 0 Å². The zero-order valence-electron chi connectivity index (χ0n) is 8.36. The first kappa shape index (κ1) is 9.25. The molecule has 1 N–H and O–H groups in total. The van der Waals surface area contributed by atoms with E-state index in [1.807, 2.05) is 37.3 Å². The predicted molar refractivity (Wildman–Crippen MR) is 56.0 cm³/mol. The molecule has 74 valence electrons. The lowest BCUT2D eigenvalue weighted by Gasteiger charge is -2.11. The first-order valence-electron chi connectivity index (χ1n) is 5.12. The van der Waals surface area contributed by atoms with Gasteiger partial charge >= 0.3 is 0 Å². The molecule has 2 rings (SSSR count). The number of rotatable bonds is 3. The number of carbonyl (C=O) groups is 1. The van der Waals surface area contributed by atoms with Crippen LogP contribution in [0.3, 0.4) is 0 Å². The molecule has 1 aromatic carbocycles. The molecule has 0 aromatic heterocycles. The quantitative estimate of drug-likeness (QED) is 0.774. The lowest BCUT2D eigenvalue weighted by atomic mass is 10.0. The summed E-state index contributed by atoms with van der Waals surface area (Å²) >= 11 is 0. The van der Waals surface area contributed by atoms with Crippen LogP contribution >= 0.6 is 0 Å². The Bertz CT molecular complexity index is 316. The lowest BCUT2D eigenvalue weighted by Crippen LogP contribution is -2.29. The molecular weight excluding hydrogens is 174 g/mol. The number of amides is 1. The van der Waals surface area contributed by atoms with E-state index in [0.717, 1.165) is 18.4 Å². The van der Waals surface area contributed by atoms with Gasteiger partial charge in [-0.25, -0.2) is 0 Å². The lowest BCUT2D eigenvalue weighted by molar-refractivity contribution is -0.122. The van der Waals surface area contributed by atoms with Crippen LogP contribution in [0.1, 0.15) is 31.2 Å². The van der Waals surface area contributed by atoms with Gasteiger partial charge in [0, 0.05) is 6.04 Å². The minimum absolute atomic E-state index is 0.0307. The third kappa shape index (κ3) is 2.13. The first-order valence-corrected chi connectivity index (χ1v) is 5.12. The summed E-state index contributed by atoms with van der Waals surface area (Å²) in [7, 11) is 0. The summed E-state index contributed by atoms with van der Waals surface area (Å²) in [5.74, 6) is 0.121. The number of nitrogens with one attached hydrogen (secondary N) is 1. The maximum atomic E-state index is 11.7. The molecule has 0 radical (unpaired) electrons. The van der Waals surface area contributed by atoms with Crippen molar-refractivity contribution in [2.45, 2.75) is 31.7 Å². The van der Waals surface area contributed by atoms with Gasteiger partial charge in [0.25, 0.3) is 0 Å². The molecule has 1 saturated carbocycles. The van der Waals surface area contributed by atoms with E-state index in [2.05, 4.69) is 5.32 Å². The summed E-state index contributed by atoms with van der Waals surface area (Å²) in [5.41, 5.74) is 1.09. The Balaban J connectivity index is 1.99. The summed E-state index contributed by atoms with van der Waals surface area (Å²) in [5, 5.41) is 3.01. The third-order valence-corrected chi connectivity index (χ3v) is 2.62. The molecule has 1 aliphatic carbocycles. The Morgan fingerprint density at radius 3 is 2.57 bits per heavy atom.